The lowest BCUT2D eigenvalue weighted by Gasteiger charge is -2.33. The van der Waals surface area contributed by atoms with E-state index < -0.39 is 6.04 Å². The van der Waals surface area contributed by atoms with Gasteiger partial charge in [-0.2, -0.15) is 0 Å². The molecule has 0 aromatic heterocycles. The topological polar surface area (TPSA) is 69.7 Å². The Morgan fingerprint density at radius 2 is 1.61 bits per heavy atom. The summed E-state index contributed by atoms with van der Waals surface area (Å²) in [6.45, 7) is 0.752. The van der Waals surface area contributed by atoms with Gasteiger partial charge in [-0.3, -0.25) is 14.4 Å². The molecule has 1 aliphatic heterocycles. The predicted octanol–water partition coefficient (Wildman–Crippen LogP) is 7.43. The molecule has 226 valence electrons. The SMILES string of the molecule is O=C(NC1CCCCC1)C(Cc1ccccc1)N(Cc1cccc(Br)c1)C(=O)CCCN1C(=O)c2cccc3cccc1c23. The molecule has 3 amide bonds. The highest BCUT2D eigenvalue weighted by Crippen LogP contribution is 2.37. The first-order valence-corrected chi connectivity index (χ1v) is 16.5. The van der Waals surface area contributed by atoms with Crippen LogP contribution >= 0.6 is 15.9 Å². The van der Waals surface area contributed by atoms with Crippen molar-refractivity contribution in [3.63, 3.8) is 0 Å². The van der Waals surface area contributed by atoms with Gasteiger partial charge in [0, 0.05) is 47.4 Å². The zero-order valence-corrected chi connectivity index (χ0v) is 26.5. The van der Waals surface area contributed by atoms with Crippen molar-refractivity contribution in [1.29, 1.82) is 0 Å². The molecule has 7 heteroatoms. The van der Waals surface area contributed by atoms with Crippen molar-refractivity contribution >= 4 is 50.1 Å². The molecule has 1 unspecified atom stereocenters. The van der Waals surface area contributed by atoms with E-state index in [-0.39, 0.29) is 30.2 Å². The third-order valence-electron chi connectivity index (χ3n) is 8.89. The number of nitrogens with one attached hydrogen (secondary N) is 1. The van der Waals surface area contributed by atoms with Crippen molar-refractivity contribution < 1.29 is 14.4 Å². The number of nitrogens with zero attached hydrogens (tertiary/aromatic N) is 2. The maximum atomic E-state index is 14.2. The second-order valence-corrected chi connectivity index (χ2v) is 12.9. The first kappa shape index (κ1) is 30.1. The second-order valence-electron chi connectivity index (χ2n) is 11.9. The van der Waals surface area contributed by atoms with Crippen LogP contribution in [0.25, 0.3) is 10.8 Å². The van der Waals surface area contributed by atoms with E-state index in [1.165, 1.54) is 6.42 Å². The molecule has 2 aliphatic rings. The molecule has 0 radical (unpaired) electrons. The van der Waals surface area contributed by atoms with E-state index in [4.69, 9.17) is 0 Å². The van der Waals surface area contributed by atoms with E-state index in [0.717, 1.165) is 57.7 Å². The van der Waals surface area contributed by atoms with Gasteiger partial charge in [-0.05, 0) is 60.0 Å². The van der Waals surface area contributed by atoms with Gasteiger partial charge < -0.3 is 15.1 Å². The summed E-state index contributed by atoms with van der Waals surface area (Å²) in [6, 6.07) is 29.1. The number of benzene rings is 4. The summed E-state index contributed by atoms with van der Waals surface area (Å²) in [5, 5.41) is 5.32. The summed E-state index contributed by atoms with van der Waals surface area (Å²) in [6.07, 6.45) is 6.53. The lowest BCUT2D eigenvalue weighted by Crippen LogP contribution is -2.52. The van der Waals surface area contributed by atoms with Gasteiger partial charge in [0.1, 0.15) is 6.04 Å². The molecule has 0 saturated heterocycles. The fraction of sp³-hybridized carbons (Fsp3) is 0.324. The van der Waals surface area contributed by atoms with Crippen molar-refractivity contribution in [2.75, 3.05) is 11.4 Å². The Hall–Kier alpha value is -3.97. The summed E-state index contributed by atoms with van der Waals surface area (Å²) in [4.78, 5) is 45.0. The minimum atomic E-state index is -0.655. The minimum Gasteiger partial charge on any atom is -0.352 e. The fourth-order valence-corrected chi connectivity index (χ4v) is 7.11. The Morgan fingerprint density at radius 3 is 2.39 bits per heavy atom. The molecule has 0 bridgehead atoms. The van der Waals surface area contributed by atoms with Gasteiger partial charge in [0.2, 0.25) is 11.8 Å². The Kier molecular flexibility index (Phi) is 9.41. The van der Waals surface area contributed by atoms with Crippen LogP contribution in [0.15, 0.2) is 95.5 Å². The van der Waals surface area contributed by atoms with E-state index in [9.17, 15) is 14.4 Å². The van der Waals surface area contributed by atoms with Crippen LogP contribution in [0, 0.1) is 0 Å². The van der Waals surface area contributed by atoms with Crippen molar-refractivity contribution in [3.05, 3.63) is 112 Å². The van der Waals surface area contributed by atoms with Crippen LogP contribution in [0.4, 0.5) is 5.69 Å². The molecule has 1 aliphatic carbocycles. The van der Waals surface area contributed by atoms with Gasteiger partial charge in [0.25, 0.3) is 5.91 Å². The molecule has 1 heterocycles. The predicted molar refractivity (Wildman–Crippen MR) is 179 cm³/mol. The van der Waals surface area contributed by atoms with Crippen LogP contribution in [0.1, 0.15) is 66.4 Å². The highest BCUT2D eigenvalue weighted by Gasteiger charge is 2.33. The van der Waals surface area contributed by atoms with E-state index in [1.54, 1.807) is 9.80 Å². The van der Waals surface area contributed by atoms with E-state index in [2.05, 4.69) is 21.2 Å². The summed E-state index contributed by atoms with van der Waals surface area (Å²) >= 11 is 3.56. The lowest BCUT2D eigenvalue weighted by molar-refractivity contribution is -0.141. The summed E-state index contributed by atoms with van der Waals surface area (Å²) < 4.78 is 0.926. The normalized spacial score (nSPS) is 15.4. The van der Waals surface area contributed by atoms with Crippen LogP contribution in [-0.2, 0) is 22.6 Å². The maximum Gasteiger partial charge on any atom is 0.258 e. The third-order valence-corrected chi connectivity index (χ3v) is 9.38. The third kappa shape index (κ3) is 6.73. The molecule has 1 atom stereocenters. The molecule has 44 heavy (non-hydrogen) atoms. The highest BCUT2D eigenvalue weighted by atomic mass is 79.9. The molecule has 0 spiro atoms. The van der Waals surface area contributed by atoms with E-state index >= 15 is 0 Å². The van der Waals surface area contributed by atoms with Crippen LogP contribution in [0.3, 0.4) is 0 Å². The maximum absolute atomic E-state index is 14.2. The molecule has 4 aromatic rings. The largest absolute Gasteiger partial charge is 0.352 e. The summed E-state index contributed by atoms with van der Waals surface area (Å²) in [7, 11) is 0. The van der Waals surface area contributed by atoms with Crippen LogP contribution in [0.5, 0.6) is 0 Å². The van der Waals surface area contributed by atoms with Gasteiger partial charge >= 0.3 is 0 Å². The molecule has 6 rings (SSSR count). The number of carbonyl (C=O) groups is 3. The van der Waals surface area contributed by atoms with E-state index in [1.807, 2.05) is 91.0 Å². The Morgan fingerprint density at radius 1 is 0.886 bits per heavy atom. The van der Waals surface area contributed by atoms with Gasteiger partial charge in [-0.1, -0.05) is 102 Å². The van der Waals surface area contributed by atoms with Gasteiger partial charge in [-0.15, -0.1) is 0 Å². The zero-order chi connectivity index (χ0) is 30.5. The lowest BCUT2D eigenvalue weighted by atomic mass is 9.94. The molecular formula is C37H38BrN3O3. The average molecular weight is 653 g/mol. The fourth-order valence-electron chi connectivity index (χ4n) is 6.66. The van der Waals surface area contributed by atoms with Gasteiger partial charge in [0.05, 0.1) is 5.69 Å². The zero-order valence-electron chi connectivity index (χ0n) is 24.9. The number of hydrogen-bond donors (Lipinski definition) is 1. The number of anilines is 1. The van der Waals surface area contributed by atoms with Crippen LogP contribution in [0.2, 0.25) is 0 Å². The monoisotopic (exact) mass is 651 g/mol. The molecule has 6 nitrogen and oxygen atoms in total. The van der Waals surface area contributed by atoms with Crippen molar-refractivity contribution in [1.82, 2.24) is 10.2 Å². The molecule has 1 N–H and O–H groups in total. The first-order valence-electron chi connectivity index (χ1n) is 15.7. The highest BCUT2D eigenvalue weighted by molar-refractivity contribution is 9.10. The molecule has 1 saturated carbocycles. The van der Waals surface area contributed by atoms with Gasteiger partial charge in [-0.25, -0.2) is 0 Å². The second kappa shape index (κ2) is 13.8. The number of hydrogen-bond acceptors (Lipinski definition) is 3. The van der Waals surface area contributed by atoms with E-state index in [0.29, 0.717) is 31.5 Å². The van der Waals surface area contributed by atoms with Crippen molar-refractivity contribution in [2.45, 2.75) is 70.0 Å². The Bertz CT molecular complexity index is 1650. The summed E-state index contributed by atoms with van der Waals surface area (Å²) in [5.74, 6) is -0.211. The van der Waals surface area contributed by atoms with Crippen molar-refractivity contribution in [3.8, 4) is 0 Å². The Balaban J connectivity index is 1.23. The smallest absolute Gasteiger partial charge is 0.258 e. The number of halogens is 1. The molecule has 1 fully saturated rings. The summed E-state index contributed by atoms with van der Waals surface area (Å²) in [5.41, 5.74) is 3.57. The first-order chi connectivity index (χ1) is 21.5. The van der Waals surface area contributed by atoms with Crippen LogP contribution < -0.4 is 10.2 Å². The molecule has 4 aromatic carbocycles. The standard InChI is InChI=1S/C37H38BrN3O3/c38-29-16-7-13-27(23-29)25-41(33(24-26-11-3-1-4-12-26)36(43)39-30-17-5-2-6-18-30)34(42)21-10-22-40-32-20-9-15-28-14-8-19-31(35(28)32)37(40)44/h1,3-4,7-9,11-16,19-20,23,30,33H,2,5-6,10,17-18,21-22,24-25H2,(H,39,43). The quantitative estimate of drug-likeness (QED) is 0.183. The number of rotatable bonds is 11. The van der Waals surface area contributed by atoms with Crippen LogP contribution in [-0.4, -0.2) is 41.2 Å². The minimum absolute atomic E-state index is 0.0240. The Labute approximate surface area is 267 Å². The molecular weight excluding hydrogens is 614 g/mol. The van der Waals surface area contributed by atoms with Crippen molar-refractivity contribution in [2.24, 2.45) is 0 Å². The number of carbonyl (C=O) groups excluding carboxylic acids is 3. The average Bonchev–Trinajstić information content (AvgIpc) is 3.31. The number of amides is 3. The van der Waals surface area contributed by atoms with Gasteiger partial charge in [0.15, 0.2) is 0 Å².